The third-order valence-corrected chi connectivity index (χ3v) is 3.58. The van der Waals surface area contributed by atoms with Crippen molar-refractivity contribution >= 4 is 11.8 Å². The Morgan fingerprint density at radius 1 is 1.29 bits per heavy atom. The minimum atomic E-state index is -1.05. The largest absolute Gasteiger partial charge is 0.481 e. The van der Waals surface area contributed by atoms with E-state index in [1.807, 2.05) is 0 Å². The molecule has 132 valence electrons. The lowest BCUT2D eigenvalue weighted by atomic mass is 10.3. The molecular formula is C16H20F2N2O4. The molecule has 24 heavy (non-hydrogen) atoms. The van der Waals surface area contributed by atoms with Gasteiger partial charge in [-0.15, -0.1) is 0 Å². The number of ether oxygens (including phenoxy) is 2. The number of hydrogen-bond donors (Lipinski definition) is 1. The highest BCUT2D eigenvalue weighted by molar-refractivity contribution is 5.82. The molecule has 0 aliphatic carbocycles. The highest BCUT2D eigenvalue weighted by atomic mass is 19.2. The van der Waals surface area contributed by atoms with Crippen LogP contribution in [0.4, 0.5) is 8.78 Å². The maximum atomic E-state index is 13.1. The van der Waals surface area contributed by atoms with Crippen LogP contribution < -0.4 is 10.1 Å². The average molecular weight is 342 g/mol. The molecule has 0 aromatic heterocycles. The molecule has 1 heterocycles. The summed E-state index contributed by atoms with van der Waals surface area (Å²) in [6.45, 7) is 3.83. The van der Waals surface area contributed by atoms with Gasteiger partial charge in [-0.3, -0.25) is 9.59 Å². The molecule has 0 unspecified atom stereocenters. The number of benzene rings is 1. The monoisotopic (exact) mass is 342 g/mol. The molecule has 1 aliphatic heterocycles. The molecule has 0 spiro atoms. The summed E-state index contributed by atoms with van der Waals surface area (Å²) in [6.07, 6.45) is -0.711. The van der Waals surface area contributed by atoms with Crippen LogP contribution in [0, 0.1) is 11.6 Å². The van der Waals surface area contributed by atoms with Gasteiger partial charge < -0.3 is 19.7 Å². The molecule has 1 fully saturated rings. The Kier molecular flexibility index (Phi) is 6.48. The summed E-state index contributed by atoms with van der Waals surface area (Å²) in [5.74, 6) is -2.46. The number of nitrogens with one attached hydrogen (secondary N) is 1. The number of rotatable bonds is 6. The Labute approximate surface area is 138 Å². The van der Waals surface area contributed by atoms with E-state index in [4.69, 9.17) is 9.47 Å². The molecule has 1 atom stereocenters. The van der Waals surface area contributed by atoms with Gasteiger partial charge in [-0.2, -0.15) is 0 Å². The Morgan fingerprint density at radius 3 is 2.67 bits per heavy atom. The second-order valence-corrected chi connectivity index (χ2v) is 5.37. The molecule has 0 radical (unpaired) electrons. The lowest BCUT2D eigenvalue weighted by molar-refractivity contribution is -0.135. The van der Waals surface area contributed by atoms with Crippen molar-refractivity contribution in [3.8, 4) is 5.75 Å². The van der Waals surface area contributed by atoms with Gasteiger partial charge in [-0.05, 0) is 19.1 Å². The summed E-state index contributed by atoms with van der Waals surface area (Å²) in [6, 6.07) is 3.04. The van der Waals surface area contributed by atoms with Crippen LogP contribution in [0.15, 0.2) is 18.2 Å². The van der Waals surface area contributed by atoms with Gasteiger partial charge in [0.2, 0.25) is 5.91 Å². The standard InChI is InChI=1S/C16H20F2N2O4/c1-11(24-12-2-3-13(17)14(18)10-12)16(22)19-5-4-15(21)20-6-8-23-9-7-20/h2-3,10-11H,4-9H2,1H3,(H,19,22)/t11-/m1/s1. The molecule has 2 amide bonds. The lowest BCUT2D eigenvalue weighted by Crippen LogP contribution is -2.43. The van der Waals surface area contributed by atoms with Crippen molar-refractivity contribution in [1.29, 1.82) is 0 Å². The second-order valence-electron chi connectivity index (χ2n) is 5.37. The molecule has 8 heteroatoms. The van der Waals surface area contributed by atoms with E-state index in [0.29, 0.717) is 26.3 Å². The average Bonchev–Trinajstić information content (AvgIpc) is 2.58. The van der Waals surface area contributed by atoms with E-state index in [-0.39, 0.29) is 24.6 Å². The summed E-state index contributed by atoms with van der Waals surface area (Å²) >= 11 is 0. The maximum absolute atomic E-state index is 13.1. The number of morpholine rings is 1. The van der Waals surface area contributed by atoms with Gasteiger partial charge in [-0.1, -0.05) is 0 Å². The van der Waals surface area contributed by atoms with Gasteiger partial charge in [0.05, 0.1) is 13.2 Å². The first-order chi connectivity index (χ1) is 11.5. The number of carbonyl (C=O) groups is 2. The van der Waals surface area contributed by atoms with Crippen LogP contribution in [-0.4, -0.2) is 55.7 Å². The Morgan fingerprint density at radius 2 is 2.00 bits per heavy atom. The van der Waals surface area contributed by atoms with Crippen molar-refractivity contribution in [2.45, 2.75) is 19.4 Å². The normalized spacial score (nSPS) is 15.7. The first kappa shape index (κ1) is 18.1. The van der Waals surface area contributed by atoms with E-state index in [0.717, 1.165) is 12.1 Å². The van der Waals surface area contributed by atoms with E-state index in [1.54, 1.807) is 4.90 Å². The smallest absolute Gasteiger partial charge is 0.260 e. The summed E-state index contributed by atoms with van der Waals surface area (Å²) in [5, 5.41) is 2.59. The van der Waals surface area contributed by atoms with Crippen LogP contribution in [0.1, 0.15) is 13.3 Å². The lowest BCUT2D eigenvalue weighted by Gasteiger charge is -2.27. The van der Waals surface area contributed by atoms with Crippen LogP contribution in [0.25, 0.3) is 0 Å². The second kappa shape index (κ2) is 8.58. The molecule has 2 rings (SSSR count). The van der Waals surface area contributed by atoms with Gasteiger partial charge in [-0.25, -0.2) is 8.78 Å². The SMILES string of the molecule is C[C@@H](Oc1ccc(F)c(F)c1)C(=O)NCCC(=O)N1CCOCC1. The molecule has 1 saturated heterocycles. The fraction of sp³-hybridized carbons (Fsp3) is 0.500. The Balaban J connectivity index is 1.73. The number of hydrogen-bond acceptors (Lipinski definition) is 4. The Bertz CT molecular complexity index is 591. The zero-order chi connectivity index (χ0) is 17.5. The summed E-state index contributed by atoms with van der Waals surface area (Å²) < 4.78 is 36.4. The predicted octanol–water partition coefficient (Wildman–Crippen LogP) is 1.10. The van der Waals surface area contributed by atoms with Gasteiger partial charge in [0.25, 0.3) is 5.91 Å². The minimum absolute atomic E-state index is 0.0484. The van der Waals surface area contributed by atoms with E-state index < -0.39 is 23.6 Å². The number of amides is 2. The molecule has 0 saturated carbocycles. The summed E-state index contributed by atoms with van der Waals surface area (Å²) in [5.41, 5.74) is 0. The van der Waals surface area contributed by atoms with Crippen molar-refractivity contribution in [3.05, 3.63) is 29.8 Å². The Hall–Kier alpha value is -2.22. The van der Waals surface area contributed by atoms with Crippen molar-refractivity contribution in [2.75, 3.05) is 32.8 Å². The topological polar surface area (TPSA) is 67.9 Å². The van der Waals surface area contributed by atoms with Crippen LogP contribution in [0.2, 0.25) is 0 Å². The fourth-order valence-electron chi connectivity index (χ4n) is 2.22. The predicted molar refractivity (Wildman–Crippen MR) is 81.5 cm³/mol. The van der Waals surface area contributed by atoms with E-state index >= 15 is 0 Å². The van der Waals surface area contributed by atoms with Gasteiger partial charge >= 0.3 is 0 Å². The van der Waals surface area contributed by atoms with Crippen molar-refractivity contribution in [2.24, 2.45) is 0 Å². The van der Waals surface area contributed by atoms with Crippen LogP contribution in [-0.2, 0) is 14.3 Å². The first-order valence-electron chi connectivity index (χ1n) is 7.72. The first-order valence-corrected chi connectivity index (χ1v) is 7.72. The quantitative estimate of drug-likeness (QED) is 0.841. The molecule has 1 aromatic carbocycles. The highest BCUT2D eigenvalue weighted by Gasteiger charge is 2.18. The van der Waals surface area contributed by atoms with E-state index in [1.165, 1.54) is 13.0 Å². The number of nitrogens with zero attached hydrogens (tertiary/aromatic N) is 1. The molecule has 1 aliphatic rings. The van der Waals surface area contributed by atoms with Crippen LogP contribution in [0.5, 0.6) is 5.75 Å². The van der Waals surface area contributed by atoms with Crippen molar-refractivity contribution < 1.29 is 27.8 Å². The molecule has 1 aromatic rings. The molecule has 1 N–H and O–H groups in total. The summed E-state index contributed by atoms with van der Waals surface area (Å²) in [7, 11) is 0. The highest BCUT2D eigenvalue weighted by Crippen LogP contribution is 2.16. The van der Waals surface area contributed by atoms with E-state index in [9.17, 15) is 18.4 Å². The van der Waals surface area contributed by atoms with Gasteiger partial charge in [0.15, 0.2) is 17.7 Å². The van der Waals surface area contributed by atoms with Crippen molar-refractivity contribution in [3.63, 3.8) is 0 Å². The van der Waals surface area contributed by atoms with Crippen LogP contribution in [0.3, 0.4) is 0 Å². The summed E-state index contributed by atoms with van der Waals surface area (Å²) in [4.78, 5) is 25.5. The zero-order valence-electron chi connectivity index (χ0n) is 13.4. The molecular weight excluding hydrogens is 322 g/mol. The number of halogens is 2. The molecule has 6 nitrogen and oxygen atoms in total. The minimum Gasteiger partial charge on any atom is -0.481 e. The van der Waals surface area contributed by atoms with Gasteiger partial charge in [0, 0.05) is 32.1 Å². The maximum Gasteiger partial charge on any atom is 0.260 e. The zero-order valence-corrected chi connectivity index (χ0v) is 13.4. The van der Waals surface area contributed by atoms with Crippen LogP contribution >= 0.6 is 0 Å². The van der Waals surface area contributed by atoms with Gasteiger partial charge in [0.1, 0.15) is 5.75 Å². The fourth-order valence-corrected chi connectivity index (χ4v) is 2.22. The van der Waals surface area contributed by atoms with E-state index in [2.05, 4.69) is 5.32 Å². The third-order valence-electron chi connectivity index (χ3n) is 3.58. The molecule has 0 bridgehead atoms. The number of carbonyl (C=O) groups excluding carboxylic acids is 2. The third kappa shape index (κ3) is 5.16. The van der Waals surface area contributed by atoms with Crippen molar-refractivity contribution in [1.82, 2.24) is 10.2 Å².